The highest BCUT2D eigenvalue weighted by Crippen LogP contribution is 2.14. The number of carboxylic acids is 1. The Bertz CT molecular complexity index is 490. The van der Waals surface area contributed by atoms with Gasteiger partial charge in [0.15, 0.2) is 9.84 Å². The van der Waals surface area contributed by atoms with Crippen molar-refractivity contribution in [3.8, 4) is 0 Å². The third-order valence-electron chi connectivity index (χ3n) is 2.46. The van der Waals surface area contributed by atoms with Crippen LogP contribution in [-0.2, 0) is 21.1 Å². The minimum Gasteiger partial charge on any atom is -0.481 e. The van der Waals surface area contributed by atoms with Crippen LogP contribution in [0, 0.1) is 0 Å². The smallest absolute Gasteiger partial charge is 0.307 e. The Kier molecular flexibility index (Phi) is 5.30. The van der Waals surface area contributed by atoms with Crippen molar-refractivity contribution in [2.45, 2.75) is 24.2 Å². The average Bonchev–Trinajstić information content (AvgIpc) is 2.29. The Balaban J connectivity index is 2.74. The molecule has 0 fully saturated rings. The van der Waals surface area contributed by atoms with E-state index < -0.39 is 15.8 Å². The minimum atomic E-state index is -3.34. The van der Waals surface area contributed by atoms with Crippen molar-refractivity contribution < 1.29 is 23.4 Å². The van der Waals surface area contributed by atoms with Crippen molar-refractivity contribution in [3.05, 3.63) is 29.8 Å². The summed E-state index contributed by atoms with van der Waals surface area (Å²) in [5.41, 5.74) is 0.566. The molecule has 0 radical (unpaired) electrons. The van der Waals surface area contributed by atoms with Gasteiger partial charge in [-0.25, -0.2) is 8.42 Å². The first kappa shape index (κ1) is 14.7. The fraction of sp³-hybridized carbons (Fsp3) is 0.417. The zero-order valence-corrected chi connectivity index (χ0v) is 10.7. The number of sulfone groups is 1. The summed E-state index contributed by atoms with van der Waals surface area (Å²) in [6.07, 6.45) is 0.747. The number of hydrogen-bond acceptors (Lipinski definition) is 4. The van der Waals surface area contributed by atoms with Crippen LogP contribution in [0.4, 0.5) is 0 Å². The van der Waals surface area contributed by atoms with Crippen molar-refractivity contribution >= 4 is 15.8 Å². The van der Waals surface area contributed by atoms with E-state index in [2.05, 4.69) is 0 Å². The van der Waals surface area contributed by atoms with Gasteiger partial charge in [-0.15, -0.1) is 0 Å². The van der Waals surface area contributed by atoms with Crippen LogP contribution in [0.3, 0.4) is 0 Å². The predicted molar refractivity (Wildman–Crippen MR) is 66.2 cm³/mol. The first-order valence-corrected chi connectivity index (χ1v) is 7.25. The van der Waals surface area contributed by atoms with Gasteiger partial charge in [0.05, 0.1) is 17.1 Å². The van der Waals surface area contributed by atoms with Crippen LogP contribution < -0.4 is 0 Å². The number of carbonyl (C=O) groups is 1. The highest BCUT2D eigenvalue weighted by Gasteiger charge is 2.13. The van der Waals surface area contributed by atoms with E-state index in [0.717, 1.165) is 0 Å². The molecule has 0 saturated carbocycles. The average molecular weight is 272 g/mol. The van der Waals surface area contributed by atoms with E-state index in [-0.39, 0.29) is 23.7 Å². The molecule has 0 saturated heterocycles. The minimum absolute atomic E-state index is 0.00810. The molecule has 0 aliphatic carbocycles. The second kappa shape index (κ2) is 6.51. The molecule has 0 unspecified atom stereocenters. The highest BCUT2D eigenvalue weighted by atomic mass is 32.2. The molecule has 0 bridgehead atoms. The maximum absolute atomic E-state index is 11.8. The van der Waals surface area contributed by atoms with Gasteiger partial charge in [-0.05, 0) is 30.5 Å². The molecule has 2 N–H and O–H groups in total. The van der Waals surface area contributed by atoms with Crippen LogP contribution in [-0.4, -0.2) is 37.0 Å². The maximum atomic E-state index is 11.8. The largest absolute Gasteiger partial charge is 0.481 e. The third-order valence-corrected chi connectivity index (χ3v) is 4.28. The molecule has 1 rings (SSSR count). The normalized spacial score (nSPS) is 11.4. The summed E-state index contributed by atoms with van der Waals surface area (Å²) in [6.45, 7) is -0.0208. The Morgan fingerprint density at radius 3 is 2.22 bits per heavy atom. The fourth-order valence-electron chi connectivity index (χ4n) is 1.51. The molecular formula is C12H16O5S. The second-order valence-electron chi connectivity index (χ2n) is 3.96. The van der Waals surface area contributed by atoms with Crippen LogP contribution >= 0.6 is 0 Å². The molecule has 6 heteroatoms. The second-order valence-corrected chi connectivity index (χ2v) is 6.07. The molecular weight excluding hydrogens is 256 g/mol. The summed E-state index contributed by atoms with van der Waals surface area (Å²) >= 11 is 0. The number of aliphatic carboxylic acids is 1. The van der Waals surface area contributed by atoms with Gasteiger partial charge in [0.25, 0.3) is 0 Å². The van der Waals surface area contributed by atoms with Gasteiger partial charge in [0.1, 0.15) is 0 Å². The molecule has 0 aliphatic rings. The number of hydrogen-bond donors (Lipinski definition) is 2. The molecule has 1 aromatic rings. The summed E-state index contributed by atoms with van der Waals surface area (Å²) < 4.78 is 23.7. The Morgan fingerprint density at radius 1 is 1.11 bits per heavy atom. The first-order valence-electron chi connectivity index (χ1n) is 5.60. The van der Waals surface area contributed by atoms with Crippen molar-refractivity contribution in [1.29, 1.82) is 0 Å². The summed E-state index contributed by atoms with van der Waals surface area (Å²) in [6, 6.07) is 5.86. The zero-order chi connectivity index (χ0) is 13.6. The van der Waals surface area contributed by atoms with Crippen LogP contribution in [0.1, 0.15) is 18.4 Å². The number of unbranched alkanes of at least 4 members (excludes halogenated alkanes) is 1. The van der Waals surface area contributed by atoms with Crippen LogP contribution in [0.25, 0.3) is 0 Å². The van der Waals surface area contributed by atoms with Crippen LogP contribution in [0.5, 0.6) is 0 Å². The number of aliphatic hydroxyl groups is 1. The zero-order valence-electron chi connectivity index (χ0n) is 9.87. The standard InChI is InChI=1S/C12H16O5S/c13-7-1-2-8-18(16,17)11-5-3-10(4-6-11)9-12(14)15/h3-6,13H,1-2,7-9H2,(H,14,15). The Labute approximate surface area is 106 Å². The van der Waals surface area contributed by atoms with E-state index in [1.165, 1.54) is 24.3 Å². The van der Waals surface area contributed by atoms with Crippen molar-refractivity contribution in [3.63, 3.8) is 0 Å². The van der Waals surface area contributed by atoms with E-state index >= 15 is 0 Å². The molecule has 0 amide bonds. The van der Waals surface area contributed by atoms with Gasteiger partial charge in [0.2, 0.25) is 0 Å². The molecule has 1 aromatic carbocycles. The Hall–Kier alpha value is -1.40. The highest BCUT2D eigenvalue weighted by molar-refractivity contribution is 7.91. The lowest BCUT2D eigenvalue weighted by Crippen LogP contribution is -2.08. The molecule has 0 spiro atoms. The van der Waals surface area contributed by atoms with E-state index in [9.17, 15) is 13.2 Å². The number of aliphatic hydroxyl groups excluding tert-OH is 1. The summed E-state index contributed by atoms with van der Waals surface area (Å²) in [4.78, 5) is 10.7. The van der Waals surface area contributed by atoms with Gasteiger partial charge in [-0.1, -0.05) is 12.1 Å². The summed E-state index contributed by atoms with van der Waals surface area (Å²) in [5, 5.41) is 17.2. The summed E-state index contributed by atoms with van der Waals surface area (Å²) in [7, 11) is -3.34. The van der Waals surface area contributed by atoms with Crippen LogP contribution in [0.15, 0.2) is 29.2 Å². The Morgan fingerprint density at radius 2 is 1.72 bits per heavy atom. The third kappa shape index (κ3) is 4.46. The lowest BCUT2D eigenvalue weighted by Gasteiger charge is -2.04. The van der Waals surface area contributed by atoms with E-state index in [1.54, 1.807) is 0 Å². The van der Waals surface area contributed by atoms with Gasteiger partial charge >= 0.3 is 5.97 Å². The molecule has 5 nitrogen and oxygen atoms in total. The molecule has 0 aliphatic heterocycles. The van der Waals surface area contributed by atoms with E-state index in [0.29, 0.717) is 18.4 Å². The quantitative estimate of drug-likeness (QED) is 0.718. The molecule has 18 heavy (non-hydrogen) atoms. The molecule has 0 heterocycles. The number of benzene rings is 1. The SMILES string of the molecule is O=C(O)Cc1ccc(S(=O)(=O)CCCCO)cc1. The maximum Gasteiger partial charge on any atom is 0.307 e. The molecule has 0 atom stereocenters. The molecule has 0 aromatic heterocycles. The topological polar surface area (TPSA) is 91.7 Å². The monoisotopic (exact) mass is 272 g/mol. The lowest BCUT2D eigenvalue weighted by atomic mass is 10.2. The van der Waals surface area contributed by atoms with Crippen molar-refractivity contribution in [2.24, 2.45) is 0 Å². The van der Waals surface area contributed by atoms with E-state index in [4.69, 9.17) is 10.2 Å². The summed E-state index contributed by atoms with van der Waals surface area (Å²) in [5.74, 6) is -0.959. The van der Waals surface area contributed by atoms with Gasteiger partial charge in [-0.2, -0.15) is 0 Å². The van der Waals surface area contributed by atoms with Gasteiger partial charge < -0.3 is 10.2 Å². The van der Waals surface area contributed by atoms with Crippen LogP contribution in [0.2, 0.25) is 0 Å². The first-order chi connectivity index (χ1) is 8.45. The van der Waals surface area contributed by atoms with Gasteiger partial charge in [-0.3, -0.25) is 4.79 Å². The number of rotatable bonds is 7. The van der Waals surface area contributed by atoms with E-state index in [1.807, 2.05) is 0 Å². The van der Waals surface area contributed by atoms with Crippen molar-refractivity contribution in [2.75, 3.05) is 12.4 Å². The van der Waals surface area contributed by atoms with Crippen molar-refractivity contribution in [1.82, 2.24) is 0 Å². The fourth-order valence-corrected chi connectivity index (χ4v) is 2.88. The molecule has 100 valence electrons. The van der Waals surface area contributed by atoms with Gasteiger partial charge in [0, 0.05) is 6.61 Å². The predicted octanol–water partition coefficient (Wildman–Crippen LogP) is 0.860. The number of carboxylic acid groups (broad SMARTS) is 1. The lowest BCUT2D eigenvalue weighted by molar-refractivity contribution is -0.136.